The molecule has 1 aromatic carbocycles. The Hall–Kier alpha value is -1.79. The molecular formula is C20H27FN4O. The zero-order chi connectivity index (χ0) is 17.9. The maximum atomic E-state index is 13.2. The SMILES string of the molecule is Cc1nc(C2CCCN(C3CCOCC3)C2)n(Cc2ccc(F)cc2)n1. The zero-order valence-electron chi connectivity index (χ0n) is 15.4. The van der Waals surface area contributed by atoms with Gasteiger partial charge in [-0.15, -0.1) is 0 Å². The number of hydrogen-bond donors (Lipinski definition) is 0. The van der Waals surface area contributed by atoms with Crippen LogP contribution in [0.3, 0.4) is 0 Å². The molecule has 2 aliphatic rings. The monoisotopic (exact) mass is 358 g/mol. The molecule has 140 valence electrons. The molecule has 0 saturated carbocycles. The number of piperidine rings is 1. The molecule has 26 heavy (non-hydrogen) atoms. The Bertz CT molecular complexity index is 724. The van der Waals surface area contributed by atoms with Gasteiger partial charge >= 0.3 is 0 Å². The fourth-order valence-corrected chi connectivity index (χ4v) is 4.25. The summed E-state index contributed by atoms with van der Waals surface area (Å²) >= 11 is 0. The zero-order valence-corrected chi connectivity index (χ0v) is 15.4. The maximum absolute atomic E-state index is 13.2. The van der Waals surface area contributed by atoms with E-state index in [1.807, 2.05) is 23.7 Å². The Morgan fingerprint density at radius 3 is 2.69 bits per heavy atom. The third kappa shape index (κ3) is 3.96. The van der Waals surface area contributed by atoms with Crippen LogP contribution in [0.25, 0.3) is 0 Å². The van der Waals surface area contributed by atoms with E-state index in [2.05, 4.69) is 10.00 Å². The molecule has 1 atom stereocenters. The van der Waals surface area contributed by atoms with E-state index in [9.17, 15) is 4.39 Å². The van der Waals surface area contributed by atoms with E-state index < -0.39 is 0 Å². The van der Waals surface area contributed by atoms with E-state index in [0.29, 0.717) is 18.5 Å². The summed E-state index contributed by atoms with van der Waals surface area (Å²) in [6.07, 6.45) is 4.62. The first-order chi connectivity index (χ1) is 12.7. The summed E-state index contributed by atoms with van der Waals surface area (Å²) in [6, 6.07) is 7.30. The van der Waals surface area contributed by atoms with Gasteiger partial charge in [-0.3, -0.25) is 4.90 Å². The highest BCUT2D eigenvalue weighted by molar-refractivity contribution is 5.17. The van der Waals surface area contributed by atoms with Gasteiger partial charge in [0.2, 0.25) is 0 Å². The Labute approximate surface area is 154 Å². The van der Waals surface area contributed by atoms with Crippen molar-refractivity contribution in [1.82, 2.24) is 19.7 Å². The number of rotatable bonds is 4. The first-order valence-corrected chi connectivity index (χ1v) is 9.66. The number of benzene rings is 1. The van der Waals surface area contributed by atoms with E-state index in [1.54, 1.807) is 0 Å². The van der Waals surface area contributed by atoms with Gasteiger partial charge < -0.3 is 4.74 Å². The Kier molecular flexibility index (Phi) is 5.31. The molecule has 0 amide bonds. The molecule has 3 heterocycles. The summed E-state index contributed by atoms with van der Waals surface area (Å²) < 4.78 is 20.7. The van der Waals surface area contributed by atoms with Gasteiger partial charge in [-0.1, -0.05) is 12.1 Å². The van der Waals surface area contributed by atoms with Crippen LogP contribution in [0.1, 0.15) is 48.8 Å². The summed E-state index contributed by atoms with van der Waals surface area (Å²) in [6.45, 7) is 6.57. The van der Waals surface area contributed by atoms with Gasteiger partial charge in [0.15, 0.2) is 0 Å². The van der Waals surface area contributed by atoms with Gasteiger partial charge in [0.25, 0.3) is 0 Å². The third-order valence-electron chi connectivity index (χ3n) is 5.58. The summed E-state index contributed by atoms with van der Waals surface area (Å²) in [7, 11) is 0. The molecule has 1 unspecified atom stereocenters. The topological polar surface area (TPSA) is 43.2 Å². The van der Waals surface area contributed by atoms with Crippen LogP contribution in [0.15, 0.2) is 24.3 Å². The minimum absolute atomic E-state index is 0.205. The van der Waals surface area contributed by atoms with E-state index >= 15 is 0 Å². The van der Waals surface area contributed by atoms with E-state index in [-0.39, 0.29) is 5.82 Å². The fraction of sp³-hybridized carbons (Fsp3) is 0.600. The van der Waals surface area contributed by atoms with Crippen LogP contribution in [0.4, 0.5) is 4.39 Å². The van der Waals surface area contributed by atoms with Crippen LogP contribution in [-0.2, 0) is 11.3 Å². The fourth-order valence-electron chi connectivity index (χ4n) is 4.25. The van der Waals surface area contributed by atoms with Gasteiger partial charge in [0.05, 0.1) is 6.54 Å². The molecule has 0 spiro atoms. The highest BCUT2D eigenvalue weighted by Crippen LogP contribution is 2.29. The minimum atomic E-state index is -0.205. The van der Waals surface area contributed by atoms with Crippen molar-refractivity contribution < 1.29 is 9.13 Å². The number of aromatic nitrogens is 3. The second-order valence-electron chi connectivity index (χ2n) is 7.48. The standard InChI is InChI=1S/C20H27FN4O/c1-15-22-20(25(23-15)13-16-4-6-18(21)7-5-16)17-3-2-10-24(14-17)19-8-11-26-12-9-19/h4-7,17,19H,2-3,8-14H2,1H3. The lowest BCUT2D eigenvalue weighted by atomic mass is 9.94. The van der Waals surface area contributed by atoms with Crippen molar-refractivity contribution in [3.63, 3.8) is 0 Å². The summed E-state index contributed by atoms with van der Waals surface area (Å²) in [5.74, 6) is 2.09. The first kappa shape index (κ1) is 17.6. The van der Waals surface area contributed by atoms with Crippen LogP contribution in [0.2, 0.25) is 0 Å². The molecule has 2 aliphatic heterocycles. The highest BCUT2D eigenvalue weighted by atomic mass is 19.1. The molecule has 1 aromatic heterocycles. The highest BCUT2D eigenvalue weighted by Gasteiger charge is 2.30. The minimum Gasteiger partial charge on any atom is -0.381 e. The predicted octanol–water partition coefficient (Wildman–Crippen LogP) is 3.13. The van der Waals surface area contributed by atoms with E-state index in [0.717, 1.165) is 56.2 Å². The summed E-state index contributed by atoms with van der Waals surface area (Å²) in [4.78, 5) is 7.38. The van der Waals surface area contributed by atoms with Crippen molar-refractivity contribution >= 4 is 0 Å². The molecule has 4 rings (SSSR count). The molecule has 6 heteroatoms. The molecule has 0 N–H and O–H groups in total. The maximum Gasteiger partial charge on any atom is 0.147 e. The number of aryl methyl sites for hydroxylation is 1. The molecule has 0 radical (unpaired) electrons. The molecule has 2 aromatic rings. The van der Waals surface area contributed by atoms with E-state index in [1.165, 1.54) is 25.1 Å². The van der Waals surface area contributed by atoms with Gasteiger partial charge in [-0.25, -0.2) is 14.1 Å². The Balaban J connectivity index is 1.50. The first-order valence-electron chi connectivity index (χ1n) is 9.66. The number of halogens is 1. The van der Waals surface area contributed by atoms with Crippen LogP contribution in [0.5, 0.6) is 0 Å². The summed E-state index contributed by atoms with van der Waals surface area (Å²) in [5.41, 5.74) is 1.05. The van der Waals surface area contributed by atoms with Crippen molar-refractivity contribution in [3.8, 4) is 0 Å². The molecular weight excluding hydrogens is 331 g/mol. The molecule has 2 saturated heterocycles. The van der Waals surface area contributed by atoms with Crippen LogP contribution in [-0.4, -0.2) is 52.0 Å². The van der Waals surface area contributed by atoms with Gasteiger partial charge in [-0.2, -0.15) is 5.10 Å². The lowest BCUT2D eigenvalue weighted by molar-refractivity contribution is 0.0232. The van der Waals surface area contributed by atoms with Gasteiger partial charge in [0, 0.05) is 31.7 Å². The lowest BCUT2D eigenvalue weighted by Crippen LogP contribution is -2.45. The largest absolute Gasteiger partial charge is 0.381 e. The van der Waals surface area contributed by atoms with Crippen molar-refractivity contribution in [2.45, 2.75) is 51.1 Å². The van der Waals surface area contributed by atoms with Crippen molar-refractivity contribution in [1.29, 1.82) is 0 Å². The second-order valence-corrected chi connectivity index (χ2v) is 7.48. The van der Waals surface area contributed by atoms with Gasteiger partial charge in [-0.05, 0) is 56.8 Å². The number of likely N-dealkylation sites (tertiary alicyclic amines) is 1. The molecule has 0 aliphatic carbocycles. The summed E-state index contributed by atoms with van der Waals surface area (Å²) in [5, 5.41) is 4.61. The molecule has 0 bridgehead atoms. The number of nitrogens with zero attached hydrogens (tertiary/aromatic N) is 4. The Morgan fingerprint density at radius 1 is 1.15 bits per heavy atom. The van der Waals surface area contributed by atoms with Gasteiger partial charge in [0.1, 0.15) is 17.5 Å². The van der Waals surface area contributed by atoms with E-state index in [4.69, 9.17) is 9.72 Å². The second kappa shape index (κ2) is 7.84. The van der Waals surface area contributed by atoms with Crippen LogP contribution < -0.4 is 0 Å². The average Bonchev–Trinajstić information content (AvgIpc) is 3.05. The average molecular weight is 358 g/mol. The van der Waals surface area contributed by atoms with Crippen LogP contribution in [0, 0.1) is 12.7 Å². The van der Waals surface area contributed by atoms with Crippen molar-refractivity contribution in [2.75, 3.05) is 26.3 Å². The number of hydrogen-bond acceptors (Lipinski definition) is 4. The molecule has 5 nitrogen and oxygen atoms in total. The molecule has 2 fully saturated rings. The third-order valence-corrected chi connectivity index (χ3v) is 5.58. The van der Waals surface area contributed by atoms with Crippen molar-refractivity contribution in [2.24, 2.45) is 0 Å². The normalized spacial score (nSPS) is 22.6. The smallest absolute Gasteiger partial charge is 0.147 e. The predicted molar refractivity (Wildman–Crippen MR) is 97.7 cm³/mol. The lowest BCUT2D eigenvalue weighted by Gasteiger charge is -2.39. The van der Waals surface area contributed by atoms with Crippen LogP contribution >= 0.6 is 0 Å². The quantitative estimate of drug-likeness (QED) is 0.842. The number of ether oxygens (including phenoxy) is 1. The Morgan fingerprint density at radius 2 is 1.92 bits per heavy atom. The van der Waals surface area contributed by atoms with Crippen molar-refractivity contribution in [3.05, 3.63) is 47.3 Å².